The minimum absolute atomic E-state index is 0.110. The highest BCUT2D eigenvalue weighted by Gasteiger charge is 2.35. The second-order valence-corrected chi connectivity index (χ2v) is 5.89. The molecule has 0 aromatic carbocycles. The molecule has 0 saturated carbocycles. The van der Waals surface area contributed by atoms with Gasteiger partial charge in [-0.1, -0.05) is 5.10 Å². The Labute approximate surface area is 130 Å². The fraction of sp³-hybridized carbons (Fsp3) is 0.571. The average molecular weight is 324 g/mol. The molecule has 3 aliphatic rings. The second-order valence-electron chi connectivity index (χ2n) is 5.89. The number of halogens is 3. The molecule has 2 aromatic rings. The van der Waals surface area contributed by atoms with Gasteiger partial charge in [-0.3, -0.25) is 4.57 Å². The second kappa shape index (κ2) is 5.26. The zero-order valence-electron chi connectivity index (χ0n) is 12.3. The van der Waals surface area contributed by atoms with E-state index in [4.69, 9.17) is 4.42 Å². The molecule has 124 valence electrons. The molecule has 9 heteroatoms. The van der Waals surface area contributed by atoms with Gasteiger partial charge >= 0.3 is 12.3 Å². The van der Waals surface area contributed by atoms with Crippen molar-refractivity contribution in [1.82, 2.24) is 19.7 Å². The predicted octanol–water partition coefficient (Wildman–Crippen LogP) is 2.30. The highest BCUT2D eigenvalue weighted by Crippen LogP contribution is 2.32. The van der Waals surface area contributed by atoms with E-state index in [0.29, 0.717) is 12.1 Å². The van der Waals surface area contributed by atoms with Crippen LogP contribution in [0, 0.1) is 0 Å². The van der Waals surface area contributed by atoms with Crippen LogP contribution in [-0.2, 0) is 6.30 Å². The molecular formula is C14H16F3N5O. The minimum atomic E-state index is -4.51. The quantitative estimate of drug-likeness (QED) is 0.848. The van der Waals surface area contributed by atoms with Crippen molar-refractivity contribution in [1.29, 1.82) is 0 Å². The Hall–Kier alpha value is -2.03. The summed E-state index contributed by atoms with van der Waals surface area (Å²) in [6.45, 7) is 3.75. The number of piperidine rings is 1. The van der Waals surface area contributed by atoms with Crippen LogP contribution in [0.5, 0.6) is 0 Å². The molecule has 3 saturated heterocycles. The molecule has 0 spiro atoms. The number of hydrogen-bond acceptors (Lipinski definition) is 5. The Bertz CT molecular complexity index is 687. The summed E-state index contributed by atoms with van der Waals surface area (Å²) in [6, 6.07) is 3.26. The number of rotatable bonds is 2. The van der Waals surface area contributed by atoms with Gasteiger partial charge in [-0.05, 0) is 25.0 Å². The molecule has 23 heavy (non-hydrogen) atoms. The molecule has 0 radical (unpaired) electrons. The van der Waals surface area contributed by atoms with Crippen LogP contribution in [0.4, 0.5) is 19.2 Å². The first-order chi connectivity index (χ1) is 11.0. The molecule has 0 atom stereocenters. The maximum absolute atomic E-state index is 13.0. The smallest absolute Gasteiger partial charge is 0.402 e. The van der Waals surface area contributed by atoms with Gasteiger partial charge in [-0.25, -0.2) is 0 Å². The minimum Gasteiger partial charge on any atom is -0.402 e. The standard InChI is InChI=1S/C14H16F3N5O/c15-14(16,17)22-5-1-2-11(22)12-18-19-13(23-12)21-9-8-20-6-3-10(21)4-7-20/h1-2,5,10H,3-4,6-9H2/i15-1,16-1,17-1. The molecule has 2 bridgehead atoms. The van der Waals surface area contributed by atoms with Crippen LogP contribution >= 0.6 is 0 Å². The summed E-state index contributed by atoms with van der Waals surface area (Å²) in [4.78, 5) is 4.41. The van der Waals surface area contributed by atoms with Crippen LogP contribution in [-0.4, -0.2) is 51.9 Å². The van der Waals surface area contributed by atoms with E-state index in [0.717, 1.165) is 45.2 Å². The lowest BCUT2D eigenvalue weighted by Gasteiger charge is -2.29. The first-order valence-corrected chi connectivity index (χ1v) is 7.60. The van der Waals surface area contributed by atoms with Crippen LogP contribution < -0.4 is 4.90 Å². The predicted molar refractivity (Wildman–Crippen MR) is 75.8 cm³/mol. The van der Waals surface area contributed by atoms with E-state index in [9.17, 15) is 13.2 Å². The molecule has 3 fully saturated rings. The number of nitrogens with zero attached hydrogens (tertiary/aromatic N) is 5. The summed E-state index contributed by atoms with van der Waals surface area (Å²) in [5.41, 5.74) is -0.140. The van der Waals surface area contributed by atoms with Crippen LogP contribution in [0.25, 0.3) is 11.6 Å². The molecule has 5 rings (SSSR count). The normalized spacial score (nSPS) is 24.9. The molecule has 0 N–H and O–H groups in total. The van der Waals surface area contributed by atoms with E-state index in [1.807, 2.05) is 4.90 Å². The fourth-order valence-electron chi connectivity index (χ4n) is 3.35. The van der Waals surface area contributed by atoms with E-state index < -0.39 is 6.30 Å². The van der Waals surface area contributed by atoms with Crippen molar-refractivity contribution in [3.63, 3.8) is 0 Å². The fourth-order valence-corrected chi connectivity index (χ4v) is 3.35. The average Bonchev–Trinajstić information content (AvgIpc) is 3.10. The molecule has 0 amide bonds. The number of hydrogen-bond donors (Lipinski definition) is 0. The van der Waals surface area contributed by atoms with Crippen molar-refractivity contribution in [2.24, 2.45) is 0 Å². The number of fused-ring (bicyclic) bond motifs is 4. The van der Waals surface area contributed by atoms with Crippen molar-refractivity contribution in [3.05, 3.63) is 18.3 Å². The van der Waals surface area contributed by atoms with Gasteiger partial charge in [0.1, 0.15) is 5.69 Å². The molecule has 5 heterocycles. The zero-order valence-corrected chi connectivity index (χ0v) is 12.3. The SMILES string of the molecule is [18F]C([18F])([18F])n1cccc1-c1nnc(N2CCN3CCC2CC3)o1. The summed E-state index contributed by atoms with van der Waals surface area (Å²) in [7, 11) is 0. The number of anilines is 1. The lowest BCUT2D eigenvalue weighted by molar-refractivity contribution is -0.202. The Morgan fingerprint density at radius 3 is 2.61 bits per heavy atom. The van der Waals surface area contributed by atoms with Gasteiger partial charge in [0.15, 0.2) is 0 Å². The summed E-state index contributed by atoms with van der Waals surface area (Å²) in [5.74, 6) is -0.110. The van der Waals surface area contributed by atoms with Gasteiger partial charge in [-0.15, -0.1) is 18.3 Å². The van der Waals surface area contributed by atoms with Crippen molar-refractivity contribution in [2.75, 3.05) is 31.1 Å². The van der Waals surface area contributed by atoms with Gasteiger partial charge in [0.25, 0.3) is 5.89 Å². The number of alkyl halides is 3. The van der Waals surface area contributed by atoms with Gasteiger partial charge in [0.05, 0.1) is 0 Å². The Balaban J connectivity index is 1.64. The van der Waals surface area contributed by atoms with Gasteiger partial charge in [0, 0.05) is 38.4 Å². The first-order valence-electron chi connectivity index (χ1n) is 7.60. The summed E-state index contributed by atoms with van der Waals surface area (Å²) in [5, 5.41) is 7.82. The largest absolute Gasteiger partial charge is 0.489 e. The van der Waals surface area contributed by atoms with Crippen LogP contribution in [0.15, 0.2) is 22.7 Å². The summed E-state index contributed by atoms with van der Waals surface area (Å²) in [6.07, 6.45) is -1.55. The highest BCUT2D eigenvalue weighted by molar-refractivity contribution is 5.49. The number of aromatic nitrogens is 3. The third-order valence-corrected chi connectivity index (χ3v) is 4.56. The van der Waals surface area contributed by atoms with Crippen LogP contribution in [0.1, 0.15) is 12.8 Å². The van der Waals surface area contributed by atoms with Crippen LogP contribution in [0.2, 0.25) is 0 Å². The lowest BCUT2D eigenvalue weighted by Crippen LogP contribution is -2.38. The molecule has 0 aliphatic carbocycles. The van der Waals surface area contributed by atoms with Crippen molar-refractivity contribution in [3.8, 4) is 11.6 Å². The molecular weight excluding hydrogens is 308 g/mol. The maximum atomic E-state index is 13.0. The zero-order chi connectivity index (χ0) is 16.0. The third kappa shape index (κ3) is 2.58. The van der Waals surface area contributed by atoms with E-state index >= 15 is 0 Å². The monoisotopic (exact) mass is 324 g/mol. The van der Waals surface area contributed by atoms with Crippen molar-refractivity contribution in [2.45, 2.75) is 25.2 Å². The van der Waals surface area contributed by atoms with Crippen molar-refractivity contribution < 1.29 is 17.6 Å². The van der Waals surface area contributed by atoms with E-state index in [2.05, 4.69) is 15.1 Å². The third-order valence-electron chi connectivity index (χ3n) is 4.56. The van der Waals surface area contributed by atoms with E-state index in [1.165, 1.54) is 12.1 Å². The van der Waals surface area contributed by atoms with E-state index in [1.54, 1.807) is 0 Å². The Kier molecular flexibility index (Phi) is 3.33. The topological polar surface area (TPSA) is 50.3 Å². The molecule has 3 aliphatic heterocycles. The van der Waals surface area contributed by atoms with Gasteiger partial charge < -0.3 is 14.2 Å². The van der Waals surface area contributed by atoms with Gasteiger partial charge in [0.2, 0.25) is 0 Å². The Morgan fingerprint density at radius 2 is 1.87 bits per heavy atom. The Morgan fingerprint density at radius 1 is 1.09 bits per heavy atom. The lowest BCUT2D eigenvalue weighted by atomic mass is 10.1. The van der Waals surface area contributed by atoms with E-state index in [-0.39, 0.29) is 16.2 Å². The first kappa shape index (κ1) is 14.6. The molecule has 0 unspecified atom stereocenters. The maximum Gasteiger partial charge on any atom is 0.489 e. The summed E-state index contributed by atoms with van der Waals surface area (Å²) < 4.78 is 44.6. The summed E-state index contributed by atoms with van der Waals surface area (Å²) >= 11 is 0. The highest BCUT2D eigenvalue weighted by atomic mass is 18.5. The van der Waals surface area contributed by atoms with Crippen LogP contribution in [0.3, 0.4) is 0 Å². The van der Waals surface area contributed by atoms with Crippen molar-refractivity contribution >= 4 is 6.01 Å². The van der Waals surface area contributed by atoms with Gasteiger partial charge in [-0.2, -0.15) is 0 Å². The molecule has 2 aromatic heterocycles. The molecule has 6 nitrogen and oxygen atoms in total.